The first-order valence-corrected chi connectivity index (χ1v) is 11.0. The topological polar surface area (TPSA) is 77.1 Å². The average Bonchev–Trinajstić information content (AvgIpc) is 3.29. The molecule has 2 heterocycles. The van der Waals surface area contributed by atoms with Crippen LogP contribution in [0, 0.1) is 19.7 Å². The third kappa shape index (κ3) is 5.13. The van der Waals surface area contributed by atoms with Crippen molar-refractivity contribution in [3.8, 4) is 11.3 Å². The number of anilines is 1. The van der Waals surface area contributed by atoms with Crippen LogP contribution in [0.5, 0.6) is 0 Å². The van der Waals surface area contributed by atoms with E-state index in [9.17, 15) is 9.18 Å². The molecule has 3 aromatic rings. The molecule has 1 amide bonds. The molecule has 0 bridgehead atoms. The van der Waals surface area contributed by atoms with Gasteiger partial charge in [0.25, 0.3) is 5.91 Å². The fraction of sp³-hybridized carbons (Fsp3) is 0.375. The Morgan fingerprint density at radius 1 is 1.06 bits per heavy atom. The second-order valence-electron chi connectivity index (χ2n) is 8.26. The molecule has 1 aliphatic heterocycles. The van der Waals surface area contributed by atoms with Crippen molar-refractivity contribution in [1.82, 2.24) is 25.6 Å². The van der Waals surface area contributed by atoms with Gasteiger partial charge >= 0.3 is 0 Å². The van der Waals surface area contributed by atoms with Crippen molar-refractivity contribution in [2.45, 2.75) is 20.3 Å². The summed E-state index contributed by atoms with van der Waals surface area (Å²) in [6.45, 7) is 9.84. The Morgan fingerprint density at radius 3 is 2.56 bits per heavy atom. The van der Waals surface area contributed by atoms with Gasteiger partial charge in [-0.05, 0) is 68.3 Å². The van der Waals surface area contributed by atoms with Crippen LogP contribution in [0.4, 0.5) is 10.1 Å². The summed E-state index contributed by atoms with van der Waals surface area (Å²) >= 11 is 0. The van der Waals surface area contributed by atoms with Crippen LogP contribution in [0.25, 0.3) is 11.3 Å². The first-order valence-electron chi connectivity index (χ1n) is 11.0. The fourth-order valence-corrected chi connectivity index (χ4v) is 4.06. The predicted molar refractivity (Wildman–Crippen MR) is 123 cm³/mol. The van der Waals surface area contributed by atoms with Crippen LogP contribution in [-0.2, 0) is 0 Å². The third-order valence-corrected chi connectivity index (χ3v) is 5.89. The van der Waals surface area contributed by atoms with Crippen LogP contribution in [0.1, 0.15) is 28.0 Å². The lowest BCUT2D eigenvalue weighted by Crippen LogP contribution is -2.47. The van der Waals surface area contributed by atoms with Gasteiger partial charge < -0.3 is 10.2 Å². The summed E-state index contributed by atoms with van der Waals surface area (Å²) in [5.74, 6) is -0.615. The van der Waals surface area contributed by atoms with Crippen LogP contribution in [0.3, 0.4) is 0 Å². The molecule has 1 aliphatic rings. The second-order valence-corrected chi connectivity index (χ2v) is 8.26. The number of nitrogens with zero attached hydrogens (tertiary/aromatic N) is 4. The number of carbonyl (C=O) groups excluding carboxylic acids is 1. The molecule has 4 rings (SSSR count). The van der Waals surface area contributed by atoms with Gasteiger partial charge in [-0.3, -0.25) is 9.69 Å². The van der Waals surface area contributed by atoms with Gasteiger partial charge in [-0.15, -0.1) is 0 Å². The van der Waals surface area contributed by atoms with E-state index in [1.54, 1.807) is 12.1 Å². The molecule has 2 N–H and O–H groups in total. The molecule has 7 nitrogen and oxygen atoms in total. The summed E-state index contributed by atoms with van der Waals surface area (Å²) in [4.78, 5) is 17.4. The van der Waals surface area contributed by atoms with E-state index >= 15 is 0 Å². The summed E-state index contributed by atoms with van der Waals surface area (Å²) in [5, 5.41) is 13.4. The van der Waals surface area contributed by atoms with Gasteiger partial charge in [0.1, 0.15) is 11.5 Å². The summed E-state index contributed by atoms with van der Waals surface area (Å²) in [6.07, 6.45) is 0.860. The lowest BCUT2D eigenvalue weighted by molar-refractivity contribution is 0.0947. The standard InChI is InChI=1S/C24H29FN6O/c1-17-4-5-18(2)21(16-17)31-14-12-30(13-15-31)11-3-10-26-24(32)23-22(27-29-28-23)19-6-8-20(25)9-7-19/h4-9,16H,3,10-15H2,1-2H3,(H,26,32)(H,27,28,29). The Labute approximate surface area is 187 Å². The minimum atomic E-state index is -0.335. The molecule has 0 atom stereocenters. The van der Waals surface area contributed by atoms with Crippen LogP contribution in [-0.4, -0.2) is 65.5 Å². The minimum Gasteiger partial charge on any atom is -0.369 e. The predicted octanol–water partition coefficient (Wildman–Crippen LogP) is 3.17. The van der Waals surface area contributed by atoms with E-state index in [0.29, 0.717) is 17.8 Å². The van der Waals surface area contributed by atoms with Crippen molar-refractivity contribution in [3.63, 3.8) is 0 Å². The van der Waals surface area contributed by atoms with Gasteiger partial charge in [0.2, 0.25) is 0 Å². The highest BCUT2D eigenvalue weighted by Gasteiger charge is 2.20. The van der Waals surface area contributed by atoms with Crippen LogP contribution >= 0.6 is 0 Å². The molecule has 0 spiro atoms. The van der Waals surface area contributed by atoms with E-state index < -0.39 is 0 Å². The highest BCUT2D eigenvalue weighted by molar-refractivity contribution is 5.97. The van der Waals surface area contributed by atoms with Gasteiger partial charge in [-0.2, -0.15) is 15.4 Å². The maximum atomic E-state index is 13.2. The SMILES string of the molecule is Cc1ccc(C)c(N2CCN(CCCNC(=O)c3n[nH]nc3-c3ccc(F)cc3)CC2)c1. The number of hydrogen-bond acceptors (Lipinski definition) is 5. The number of piperazine rings is 1. The highest BCUT2D eigenvalue weighted by Crippen LogP contribution is 2.23. The zero-order chi connectivity index (χ0) is 22.5. The number of halogens is 1. The largest absolute Gasteiger partial charge is 0.369 e. The van der Waals surface area contributed by atoms with Crippen molar-refractivity contribution >= 4 is 11.6 Å². The maximum Gasteiger partial charge on any atom is 0.274 e. The van der Waals surface area contributed by atoms with E-state index in [1.807, 2.05) is 0 Å². The van der Waals surface area contributed by atoms with E-state index in [-0.39, 0.29) is 17.4 Å². The molecule has 0 aliphatic carbocycles. The van der Waals surface area contributed by atoms with Gasteiger partial charge in [0, 0.05) is 44.0 Å². The number of benzene rings is 2. The van der Waals surface area contributed by atoms with Crippen LogP contribution in [0.2, 0.25) is 0 Å². The molecular formula is C24H29FN6O. The number of aromatic nitrogens is 3. The first-order chi connectivity index (χ1) is 15.5. The van der Waals surface area contributed by atoms with Gasteiger partial charge in [0.15, 0.2) is 5.69 Å². The number of amides is 1. The Kier molecular flexibility index (Phi) is 6.80. The molecule has 0 radical (unpaired) electrons. The molecule has 1 aromatic heterocycles. The van der Waals surface area contributed by atoms with E-state index in [4.69, 9.17) is 0 Å². The molecule has 1 fully saturated rings. The average molecular weight is 437 g/mol. The highest BCUT2D eigenvalue weighted by atomic mass is 19.1. The Hall–Kier alpha value is -3.26. The molecular weight excluding hydrogens is 407 g/mol. The zero-order valence-corrected chi connectivity index (χ0v) is 18.6. The van der Waals surface area contributed by atoms with E-state index in [1.165, 1.54) is 28.9 Å². The molecule has 0 saturated carbocycles. The van der Waals surface area contributed by atoms with Crippen molar-refractivity contribution in [1.29, 1.82) is 0 Å². The number of carbonyl (C=O) groups is 1. The van der Waals surface area contributed by atoms with Crippen molar-refractivity contribution in [2.75, 3.05) is 44.2 Å². The molecule has 0 unspecified atom stereocenters. The van der Waals surface area contributed by atoms with Crippen molar-refractivity contribution in [2.24, 2.45) is 0 Å². The van der Waals surface area contributed by atoms with Gasteiger partial charge in [0.05, 0.1) is 0 Å². The normalized spacial score (nSPS) is 14.5. The Balaban J connectivity index is 1.22. The molecule has 2 aromatic carbocycles. The minimum absolute atomic E-state index is 0.221. The number of aromatic amines is 1. The summed E-state index contributed by atoms with van der Waals surface area (Å²) in [5.41, 5.74) is 5.23. The second kappa shape index (κ2) is 9.91. The molecule has 32 heavy (non-hydrogen) atoms. The van der Waals surface area contributed by atoms with Crippen molar-refractivity contribution < 1.29 is 9.18 Å². The molecule has 168 valence electrons. The summed E-state index contributed by atoms with van der Waals surface area (Å²) in [7, 11) is 0. The van der Waals surface area contributed by atoms with Crippen molar-refractivity contribution in [3.05, 3.63) is 65.1 Å². The summed E-state index contributed by atoms with van der Waals surface area (Å²) in [6, 6.07) is 12.5. The van der Waals surface area contributed by atoms with Gasteiger partial charge in [-0.1, -0.05) is 12.1 Å². The number of H-pyrrole nitrogens is 1. The molecule has 8 heteroatoms. The van der Waals surface area contributed by atoms with Crippen LogP contribution in [0.15, 0.2) is 42.5 Å². The third-order valence-electron chi connectivity index (χ3n) is 5.89. The van der Waals surface area contributed by atoms with E-state index in [2.05, 4.69) is 62.6 Å². The fourth-order valence-electron chi connectivity index (χ4n) is 4.06. The summed E-state index contributed by atoms with van der Waals surface area (Å²) < 4.78 is 13.2. The number of rotatable bonds is 7. The lowest BCUT2D eigenvalue weighted by Gasteiger charge is -2.37. The number of nitrogens with one attached hydrogen (secondary N) is 2. The first kappa shape index (κ1) is 22.0. The monoisotopic (exact) mass is 436 g/mol. The smallest absolute Gasteiger partial charge is 0.274 e. The quantitative estimate of drug-likeness (QED) is 0.557. The zero-order valence-electron chi connectivity index (χ0n) is 18.6. The number of hydrogen-bond donors (Lipinski definition) is 2. The Morgan fingerprint density at radius 2 is 1.81 bits per heavy atom. The van der Waals surface area contributed by atoms with E-state index in [0.717, 1.165) is 39.1 Å². The number of aryl methyl sites for hydroxylation is 2. The molecule has 1 saturated heterocycles. The Bertz CT molecular complexity index is 1060. The van der Waals surface area contributed by atoms with Gasteiger partial charge in [-0.25, -0.2) is 4.39 Å². The van der Waals surface area contributed by atoms with Crippen LogP contribution < -0.4 is 10.2 Å². The lowest BCUT2D eigenvalue weighted by atomic mass is 10.1. The maximum absolute atomic E-state index is 13.2.